The smallest absolute Gasteiger partial charge is 0.127 e. The molecule has 5 aromatic rings. The molecule has 0 atom stereocenters. The molecule has 2 aromatic heterocycles. The Labute approximate surface area is 203 Å². The molecule has 2 heterocycles. The Bertz CT molecular complexity index is 1320. The Morgan fingerprint density at radius 1 is 0.941 bits per heavy atom. The van der Waals surface area contributed by atoms with E-state index in [1.54, 1.807) is 24.5 Å². The third-order valence-electron chi connectivity index (χ3n) is 4.97. The van der Waals surface area contributed by atoms with Gasteiger partial charge in [0, 0.05) is 52.3 Å². The maximum Gasteiger partial charge on any atom is 0.127 e. The summed E-state index contributed by atoms with van der Waals surface area (Å²) in [7, 11) is 1.94. The summed E-state index contributed by atoms with van der Waals surface area (Å²) in [6.07, 6.45) is 5.45. The number of nitrogens with zero attached hydrogens (tertiary/aromatic N) is 1. The summed E-state index contributed by atoms with van der Waals surface area (Å²) in [6.45, 7) is 0.836. The van der Waals surface area contributed by atoms with Crippen LogP contribution in [0.2, 0.25) is 0 Å². The van der Waals surface area contributed by atoms with E-state index in [0.29, 0.717) is 11.5 Å². The largest absolute Gasteiger partial charge is 0.457 e. The van der Waals surface area contributed by atoms with Gasteiger partial charge in [-0.15, -0.1) is 12.6 Å². The van der Waals surface area contributed by atoms with Crippen LogP contribution < -0.4 is 15.4 Å². The second-order valence-electron chi connectivity index (χ2n) is 7.52. The number of nitrogens with one attached hydrogen (secondary N) is 3. The summed E-state index contributed by atoms with van der Waals surface area (Å²) < 4.78 is 18.7. The van der Waals surface area contributed by atoms with Crippen LogP contribution in [0.1, 0.15) is 5.56 Å². The third-order valence-corrected chi connectivity index (χ3v) is 5.24. The van der Waals surface area contributed by atoms with Gasteiger partial charge in [0.2, 0.25) is 0 Å². The second-order valence-corrected chi connectivity index (χ2v) is 8.04. The number of hydrogen-bond donors (Lipinski definition) is 4. The summed E-state index contributed by atoms with van der Waals surface area (Å²) in [5.41, 5.74) is 4.32. The van der Waals surface area contributed by atoms with Crippen LogP contribution in [0.4, 0.5) is 15.8 Å². The number of thiol groups is 1. The van der Waals surface area contributed by atoms with Crippen LogP contribution >= 0.6 is 12.6 Å². The monoisotopic (exact) mass is 472 g/mol. The van der Waals surface area contributed by atoms with Gasteiger partial charge in [0.15, 0.2) is 0 Å². The molecule has 0 aliphatic heterocycles. The van der Waals surface area contributed by atoms with E-state index in [1.807, 2.05) is 49.6 Å². The van der Waals surface area contributed by atoms with Crippen LogP contribution in [0.5, 0.6) is 11.5 Å². The summed E-state index contributed by atoms with van der Waals surface area (Å²) in [6, 6.07) is 23.6. The van der Waals surface area contributed by atoms with Gasteiger partial charge in [0.25, 0.3) is 0 Å². The highest BCUT2D eigenvalue weighted by molar-refractivity contribution is 7.80. The predicted octanol–water partition coefficient (Wildman–Crippen LogP) is 6.93. The molecule has 0 saturated heterocycles. The zero-order valence-corrected chi connectivity index (χ0v) is 19.5. The number of anilines is 2. The molecule has 0 fully saturated rings. The molecule has 0 unspecified atom stereocenters. The number of rotatable bonds is 6. The minimum Gasteiger partial charge on any atom is -0.457 e. The molecule has 0 aliphatic carbocycles. The average molecular weight is 473 g/mol. The van der Waals surface area contributed by atoms with E-state index >= 15 is 0 Å². The molecule has 3 N–H and O–H groups in total. The number of ether oxygens (including phenoxy) is 1. The van der Waals surface area contributed by atoms with Crippen molar-refractivity contribution in [3.05, 3.63) is 109 Å². The van der Waals surface area contributed by atoms with E-state index in [-0.39, 0.29) is 5.82 Å². The van der Waals surface area contributed by atoms with Crippen molar-refractivity contribution in [2.24, 2.45) is 0 Å². The van der Waals surface area contributed by atoms with E-state index < -0.39 is 0 Å². The molecule has 3 aromatic carbocycles. The molecule has 7 heteroatoms. The number of pyridine rings is 1. The predicted molar refractivity (Wildman–Crippen MR) is 139 cm³/mol. The number of fused-ring (bicyclic) bond motifs is 1. The quantitative estimate of drug-likeness (QED) is 0.202. The Morgan fingerprint density at radius 3 is 2.26 bits per heavy atom. The van der Waals surface area contributed by atoms with Crippen molar-refractivity contribution < 1.29 is 9.13 Å². The molecule has 0 bridgehead atoms. The lowest BCUT2D eigenvalue weighted by Crippen LogP contribution is -2.03. The molecular formula is C27H25FN4OS. The number of aromatic nitrogens is 2. The highest BCUT2D eigenvalue weighted by Gasteiger charge is 2.05. The van der Waals surface area contributed by atoms with Gasteiger partial charge in [0.1, 0.15) is 17.3 Å². The highest BCUT2D eigenvalue weighted by atomic mass is 32.1. The minimum absolute atomic E-state index is 0.279. The lowest BCUT2D eigenvalue weighted by atomic mass is 10.1. The van der Waals surface area contributed by atoms with Crippen LogP contribution in [0.15, 0.2) is 102 Å². The Hall–Kier alpha value is -3.81. The fourth-order valence-electron chi connectivity index (χ4n) is 3.37. The molecule has 172 valence electrons. The van der Waals surface area contributed by atoms with Gasteiger partial charge in [-0.3, -0.25) is 4.98 Å². The van der Waals surface area contributed by atoms with Crippen molar-refractivity contribution in [3.8, 4) is 11.5 Å². The normalized spacial score (nSPS) is 10.4. The standard InChI is InChI=1S/C22H20FN3O.C5H5NS/c1-24-13-15-14-25-22-12-18(6-11-21(15)22)26-17-4-9-20(10-5-17)27-19-7-2-16(23)3-8-19;7-5-2-1-3-6-4-5/h2-12,14,24-26H,13H2,1H3;1-4,7H. The van der Waals surface area contributed by atoms with Gasteiger partial charge in [-0.25, -0.2) is 4.39 Å². The summed E-state index contributed by atoms with van der Waals surface area (Å²) in [5.74, 6) is 1.02. The van der Waals surface area contributed by atoms with Crippen molar-refractivity contribution in [1.29, 1.82) is 0 Å². The van der Waals surface area contributed by atoms with Gasteiger partial charge < -0.3 is 20.4 Å². The molecular weight excluding hydrogens is 447 g/mol. The molecule has 0 saturated carbocycles. The molecule has 0 radical (unpaired) electrons. The van der Waals surface area contributed by atoms with Crippen molar-refractivity contribution in [1.82, 2.24) is 15.3 Å². The van der Waals surface area contributed by atoms with E-state index in [4.69, 9.17) is 4.74 Å². The van der Waals surface area contributed by atoms with Crippen molar-refractivity contribution in [3.63, 3.8) is 0 Å². The number of H-pyrrole nitrogens is 1. The van der Waals surface area contributed by atoms with Gasteiger partial charge in [-0.1, -0.05) is 6.07 Å². The molecule has 5 rings (SSSR count). The van der Waals surface area contributed by atoms with Crippen molar-refractivity contribution in [2.45, 2.75) is 11.4 Å². The molecule has 5 nitrogen and oxygen atoms in total. The maximum atomic E-state index is 13.0. The van der Waals surface area contributed by atoms with Crippen LogP contribution in [-0.2, 0) is 6.54 Å². The van der Waals surface area contributed by atoms with Gasteiger partial charge in [-0.2, -0.15) is 0 Å². The first-order chi connectivity index (χ1) is 16.6. The van der Waals surface area contributed by atoms with Crippen molar-refractivity contribution >= 4 is 34.9 Å². The fourth-order valence-corrected chi connectivity index (χ4v) is 3.52. The first kappa shape index (κ1) is 23.4. The van der Waals surface area contributed by atoms with Gasteiger partial charge in [-0.05, 0) is 85.4 Å². The Balaban J connectivity index is 0.000000336. The third kappa shape index (κ3) is 6.37. The van der Waals surface area contributed by atoms with Crippen LogP contribution in [0.25, 0.3) is 10.9 Å². The first-order valence-corrected chi connectivity index (χ1v) is 11.2. The zero-order chi connectivity index (χ0) is 23.8. The summed E-state index contributed by atoms with van der Waals surface area (Å²) in [5, 5.41) is 7.79. The Morgan fingerprint density at radius 2 is 1.65 bits per heavy atom. The SMILES string of the molecule is CNCc1c[nH]c2cc(Nc3ccc(Oc4ccc(F)cc4)cc3)ccc12.Sc1cccnc1. The minimum atomic E-state index is -0.279. The number of aromatic amines is 1. The summed E-state index contributed by atoms with van der Waals surface area (Å²) in [4.78, 5) is 8.03. The molecule has 0 amide bonds. The average Bonchev–Trinajstić information content (AvgIpc) is 3.25. The second kappa shape index (κ2) is 11.4. The molecule has 0 aliphatic rings. The molecule has 0 spiro atoms. The molecule has 34 heavy (non-hydrogen) atoms. The van der Waals surface area contributed by atoms with Crippen LogP contribution in [0.3, 0.4) is 0 Å². The van der Waals surface area contributed by atoms with Crippen LogP contribution in [0, 0.1) is 5.82 Å². The summed E-state index contributed by atoms with van der Waals surface area (Å²) >= 11 is 4.02. The van der Waals surface area contributed by atoms with E-state index in [1.165, 1.54) is 23.1 Å². The Kier molecular flexibility index (Phi) is 7.80. The fraction of sp³-hybridized carbons (Fsp3) is 0.0741. The van der Waals surface area contributed by atoms with Gasteiger partial charge in [0.05, 0.1) is 0 Å². The zero-order valence-electron chi connectivity index (χ0n) is 18.6. The highest BCUT2D eigenvalue weighted by Crippen LogP contribution is 2.27. The number of hydrogen-bond acceptors (Lipinski definition) is 5. The maximum absolute atomic E-state index is 13.0. The number of halogens is 1. The lowest BCUT2D eigenvalue weighted by molar-refractivity contribution is 0.480. The topological polar surface area (TPSA) is 62.0 Å². The van der Waals surface area contributed by atoms with Gasteiger partial charge >= 0.3 is 0 Å². The first-order valence-electron chi connectivity index (χ1n) is 10.7. The number of benzene rings is 3. The van der Waals surface area contributed by atoms with Crippen LogP contribution in [-0.4, -0.2) is 17.0 Å². The van der Waals surface area contributed by atoms with E-state index in [9.17, 15) is 4.39 Å². The van der Waals surface area contributed by atoms with E-state index in [2.05, 4.69) is 51.4 Å². The lowest BCUT2D eigenvalue weighted by Gasteiger charge is -2.09. The van der Waals surface area contributed by atoms with Crippen molar-refractivity contribution in [2.75, 3.05) is 12.4 Å². The van der Waals surface area contributed by atoms with E-state index in [0.717, 1.165) is 28.3 Å².